The van der Waals surface area contributed by atoms with Crippen molar-refractivity contribution in [2.75, 3.05) is 16.8 Å². The summed E-state index contributed by atoms with van der Waals surface area (Å²) in [7, 11) is 0. The molecule has 1 aromatic heterocycles. The summed E-state index contributed by atoms with van der Waals surface area (Å²) in [6.45, 7) is 3.33. The molecule has 0 spiro atoms. The Hall–Kier alpha value is -4.31. The number of hydrogen-bond acceptors (Lipinski definition) is 7. The largest absolute Gasteiger partial charge is 0.452 e. The fraction of sp³-hybridized carbons (Fsp3) is 0.250. The molecule has 0 saturated heterocycles. The molecule has 2 heterocycles. The van der Waals surface area contributed by atoms with Crippen LogP contribution >= 0.6 is 11.3 Å². The zero-order chi connectivity index (χ0) is 27.1. The lowest BCUT2D eigenvalue weighted by molar-refractivity contribution is -0.119. The van der Waals surface area contributed by atoms with E-state index in [0.29, 0.717) is 22.2 Å². The molecule has 9 nitrogen and oxygen atoms in total. The van der Waals surface area contributed by atoms with Gasteiger partial charge in [-0.15, -0.1) is 11.3 Å². The van der Waals surface area contributed by atoms with Gasteiger partial charge >= 0.3 is 5.97 Å². The zero-order valence-electron chi connectivity index (χ0n) is 20.8. The van der Waals surface area contributed by atoms with Gasteiger partial charge in [0.25, 0.3) is 23.6 Å². The molecule has 3 aromatic rings. The Bertz CT molecular complexity index is 1520. The smallest absolute Gasteiger partial charge is 0.338 e. The summed E-state index contributed by atoms with van der Waals surface area (Å²) < 4.78 is 5.16. The number of amides is 4. The van der Waals surface area contributed by atoms with Crippen LogP contribution < -0.4 is 16.0 Å². The predicted molar refractivity (Wildman–Crippen MR) is 142 cm³/mol. The Labute approximate surface area is 222 Å². The highest BCUT2D eigenvalue weighted by atomic mass is 32.1. The third kappa shape index (κ3) is 4.47. The molecule has 0 fully saturated rings. The lowest BCUT2D eigenvalue weighted by Crippen LogP contribution is -2.29. The summed E-state index contributed by atoms with van der Waals surface area (Å²) in [6.07, 6.45) is 2.47. The van der Waals surface area contributed by atoms with E-state index in [9.17, 15) is 24.0 Å². The minimum absolute atomic E-state index is 0.0303. The van der Waals surface area contributed by atoms with Crippen LogP contribution in [0.3, 0.4) is 0 Å². The summed E-state index contributed by atoms with van der Waals surface area (Å²) >= 11 is 1.32. The minimum Gasteiger partial charge on any atom is -0.452 e. The number of anilines is 2. The maximum absolute atomic E-state index is 13.0. The Kier molecular flexibility index (Phi) is 6.58. The van der Waals surface area contributed by atoms with Crippen LogP contribution in [0, 0.1) is 12.8 Å². The standard InChI is InChI=1S/C28H25N3O6S/c1-14-7-9-18-21(11-14)38-25(23(18)24(29)33)30-22(32)13-37-28(36)16-8-10-17-19(12-16)27(35)31(26(17)34)20-6-4-3-5-15(20)2/h3-6,8,10,12,14H,7,9,11,13H2,1-2H3,(H2,29,33)(H,30,32)/t14-/m0/s1. The third-order valence-electron chi connectivity index (χ3n) is 6.82. The van der Waals surface area contributed by atoms with Crippen molar-refractivity contribution in [3.63, 3.8) is 0 Å². The maximum Gasteiger partial charge on any atom is 0.338 e. The molecule has 2 aromatic carbocycles. The number of esters is 1. The van der Waals surface area contributed by atoms with Crippen molar-refractivity contribution in [1.29, 1.82) is 0 Å². The van der Waals surface area contributed by atoms with E-state index in [0.717, 1.165) is 40.2 Å². The molecule has 0 bridgehead atoms. The quantitative estimate of drug-likeness (QED) is 0.366. The Balaban J connectivity index is 1.27. The van der Waals surface area contributed by atoms with Crippen LogP contribution in [0.4, 0.5) is 10.7 Å². The second kappa shape index (κ2) is 9.86. The van der Waals surface area contributed by atoms with Gasteiger partial charge in [-0.3, -0.25) is 19.2 Å². The van der Waals surface area contributed by atoms with Crippen LogP contribution in [0.15, 0.2) is 42.5 Å². The van der Waals surface area contributed by atoms with E-state index in [1.165, 1.54) is 29.5 Å². The molecule has 2 aliphatic rings. The van der Waals surface area contributed by atoms with E-state index in [4.69, 9.17) is 10.5 Å². The molecule has 194 valence electrons. The van der Waals surface area contributed by atoms with Gasteiger partial charge in [0.1, 0.15) is 5.00 Å². The molecule has 1 aliphatic heterocycles. The molecule has 10 heteroatoms. The van der Waals surface area contributed by atoms with Gasteiger partial charge in [0, 0.05) is 4.88 Å². The van der Waals surface area contributed by atoms with Crippen LogP contribution in [-0.2, 0) is 22.4 Å². The molecular formula is C28H25N3O6S. The van der Waals surface area contributed by atoms with Gasteiger partial charge in [0.15, 0.2) is 6.61 Å². The third-order valence-corrected chi connectivity index (χ3v) is 7.99. The number of thiophene rings is 1. The minimum atomic E-state index is -0.827. The van der Waals surface area contributed by atoms with Crippen molar-refractivity contribution in [3.05, 3.63) is 80.7 Å². The number of imide groups is 1. The molecule has 1 aliphatic carbocycles. The van der Waals surface area contributed by atoms with E-state index in [2.05, 4.69) is 12.2 Å². The Morgan fingerprint density at radius 3 is 2.58 bits per heavy atom. The van der Waals surface area contributed by atoms with Crippen LogP contribution in [0.2, 0.25) is 0 Å². The number of carbonyl (C=O) groups is 5. The monoisotopic (exact) mass is 531 g/mol. The van der Waals surface area contributed by atoms with Gasteiger partial charge < -0.3 is 15.8 Å². The van der Waals surface area contributed by atoms with E-state index in [1.807, 2.05) is 6.07 Å². The molecule has 0 radical (unpaired) electrons. The average Bonchev–Trinajstić information content (AvgIpc) is 3.36. The van der Waals surface area contributed by atoms with Gasteiger partial charge in [0.05, 0.1) is 27.9 Å². The number of nitrogens with one attached hydrogen (secondary N) is 1. The number of carbonyl (C=O) groups excluding carboxylic acids is 5. The number of nitrogens with two attached hydrogens (primary N) is 1. The number of nitrogens with zero attached hydrogens (tertiary/aromatic N) is 1. The zero-order valence-corrected chi connectivity index (χ0v) is 21.6. The van der Waals surface area contributed by atoms with Crippen molar-refractivity contribution in [2.45, 2.75) is 33.1 Å². The van der Waals surface area contributed by atoms with Crippen molar-refractivity contribution in [3.8, 4) is 0 Å². The highest BCUT2D eigenvalue weighted by Crippen LogP contribution is 2.39. The molecular weight excluding hydrogens is 506 g/mol. The first-order valence-corrected chi connectivity index (χ1v) is 13.0. The summed E-state index contributed by atoms with van der Waals surface area (Å²) in [5, 5.41) is 3.01. The highest BCUT2D eigenvalue weighted by Gasteiger charge is 2.38. The lowest BCUT2D eigenvalue weighted by Gasteiger charge is -2.18. The number of benzene rings is 2. The summed E-state index contributed by atoms with van der Waals surface area (Å²) in [5.41, 5.74) is 8.31. The van der Waals surface area contributed by atoms with Crippen LogP contribution in [0.1, 0.15) is 70.8 Å². The van der Waals surface area contributed by atoms with Crippen molar-refractivity contribution in [1.82, 2.24) is 0 Å². The molecule has 3 N–H and O–H groups in total. The van der Waals surface area contributed by atoms with E-state index >= 15 is 0 Å². The molecule has 38 heavy (non-hydrogen) atoms. The fourth-order valence-electron chi connectivity index (χ4n) is 4.88. The first-order chi connectivity index (χ1) is 18.2. The SMILES string of the molecule is Cc1ccccc1N1C(=O)c2ccc(C(=O)OCC(=O)Nc3sc4c(c3C(N)=O)CC[C@H](C)C4)cc2C1=O. The highest BCUT2D eigenvalue weighted by molar-refractivity contribution is 7.17. The summed E-state index contributed by atoms with van der Waals surface area (Å²) in [4.78, 5) is 65.4. The maximum atomic E-state index is 13.0. The summed E-state index contributed by atoms with van der Waals surface area (Å²) in [5.74, 6) is -2.60. The number of hydrogen-bond donors (Lipinski definition) is 2. The van der Waals surface area contributed by atoms with E-state index in [-0.39, 0.29) is 16.7 Å². The molecule has 0 unspecified atom stereocenters. The van der Waals surface area contributed by atoms with Crippen molar-refractivity contribution < 1.29 is 28.7 Å². The molecule has 4 amide bonds. The predicted octanol–water partition coefficient (Wildman–Crippen LogP) is 3.88. The Morgan fingerprint density at radius 2 is 1.84 bits per heavy atom. The van der Waals surface area contributed by atoms with E-state index in [1.54, 1.807) is 25.1 Å². The number of aryl methyl sites for hydroxylation is 1. The Morgan fingerprint density at radius 1 is 1.11 bits per heavy atom. The number of primary amides is 1. The van der Waals surface area contributed by atoms with E-state index < -0.39 is 36.2 Å². The summed E-state index contributed by atoms with van der Waals surface area (Å²) in [6, 6.07) is 11.1. The average molecular weight is 532 g/mol. The topological polar surface area (TPSA) is 136 Å². The fourth-order valence-corrected chi connectivity index (χ4v) is 6.31. The molecule has 0 saturated carbocycles. The second-order valence-corrected chi connectivity index (χ2v) is 10.6. The normalized spacial score (nSPS) is 16.2. The lowest BCUT2D eigenvalue weighted by atomic mass is 9.88. The number of fused-ring (bicyclic) bond motifs is 2. The molecule has 5 rings (SSSR count). The van der Waals surface area contributed by atoms with Crippen molar-refractivity contribution >= 4 is 51.6 Å². The second-order valence-electron chi connectivity index (χ2n) is 9.54. The van der Waals surface area contributed by atoms with Gasteiger partial charge in [-0.05, 0) is 67.5 Å². The van der Waals surface area contributed by atoms with Gasteiger partial charge in [-0.25, -0.2) is 9.69 Å². The van der Waals surface area contributed by atoms with Crippen molar-refractivity contribution in [2.24, 2.45) is 11.7 Å². The van der Waals surface area contributed by atoms with Gasteiger partial charge in [-0.1, -0.05) is 25.1 Å². The first kappa shape index (κ1) is 25.3. The van der Waals surface area contributed by atoms with Gasteiger partial charge in [-0.2, -0.15) is 0 Å². The van der Waals surface area contributed by atoms with Crippen LogP contribution in [-0.4, -0.2) is 36.2 Å². The van der Waals surface area contributed by atoms with Crippen LogP contribution in [0.25, 0.3) is 0 Å². The van der Waals surface area contributed by atoms with Gasteiger partial charge in [0.2, 0.25) is 0 Å². The first-order valence-electron chi connectivity index (χ1n) is 12.2. The number of rotatable bonds is 6. The number of ether oxygens (including phenoxy) is 1. The number of para-hydroxylation sites is 1. The van der Waals surface area contributed by atoms with Crippen LogP contribution in [0.5, 0.6) is 0 Å². The molecule has 1 atom stereocenters.